The van der Waals surface area contributed by atoms with E-state index in [1.54, 1.807) is 0 Å². The second-order valence-electron chi connectivity index (χ2n) is 4.85. The van der Waals surface area contributed by atoms with Crippen LogP contribution in [0.1, 0.15) is 25.7 Å². The van der Waals surface area contributed by atoms with Gasteiger partial charge in [-0.25, -0.2) is 0 Å². The molecule has 2 heterocycles. The molecule has 0 aromatic carbocycles. The summed E-state index contributed by atoms with van der Waals surface area (Å²) in [5.41, 5.74) is 5.49. The molecule has 0 aromatic heterocycles. The van der Waals surface area contributed by atoms with Gasteiger partial charge in [0.1, 0.15) is 0 Å². The van der Waals surface area contributed by atoms with Crippen molar-refractivity contribution in [1.82, 2.24) is 4.90 Å². The zero-order chi connectivity index (χ0) is 10.7. The van der Waals surface area contributed by atoms with E-state index < -0.39 is 0 Å². The highest BCUT2D eigenvalue weighted by Gasteiger charge is 2.40. The van der Waals surface area contributed by atoms with Gasteiger partial charge in [-0.3, -0.25) is 4.90 Å². The predicted octanol–water partition coefficient (Wildman–Crippen LogP) is -0.0490. The summed E-state index contributed by atoms with van der Waals surface area (Å²) < 4.78 is 5.91. The van der Waals surface area contributed by atoms with Gasteiger partial charge >= 0.3 is 0 Å². The molecule has 88 valence electrons. The van der Waals surface area contributed by atoms with Crippen LogP contribution in [0.5, 0.6) is 0 Å². The van der Waals surface area contributed by atoms with Crippen molar-refractivity contribution in [2.24, 2.45) is 5.73 Å². The Morgan fingerprint density at radius 1 is 1.53 bits per heavy atom. The van der Waals surface area contributed by atoms with E-state index in [1.807, 2.05) is 0 Å². The van der Waals surface area contributed by atoms with E-state index in [2.05, 4.69) is 4.90 Å². The summed E-state index contributed by atoms with van der Waals surface area (Å²) in [7, 11) is 0. The SMILES string of the molecule is NCCN1CCC[C@@]2(C[C@@H](O)CCO2)C1. The Morgan fingerprint density at radius 3 is 3.13 bits per heavy atom. The Kier molecular flexibility index (Phi) is 3.61. The molecule has 2 aliphatic heterocycles. The van der Waals surface area contributed by atoms with Gasteiger partial charge in [0.05, 0.1) is 11.7 Å². The predicted molar refractivity (Wildman–Crippen MR) is 58.7 cm³/mol. The molecular formula is C11H22N2O2. The second-order valence-corrected chi connectivity index (χ2v) is 4.85. The second kappa shape index (κ2) is 4.78. The lowest BCUT2D eigenvalue weighted by Gasteiger charge is -2.46. The fourth-order valence-corrected chi connectivity index (χ4v) is 2.85. The standard InChI is InChI=1S/C11H22N2O2/c12-4-6-13-5-1-3-11(9-13)8-10(14)2-7-15-11/h10,14H,1-9,12H2/t10-,11+/m0/s1. The summed E-state index contributed by atoms with van der Waals surface area (Å²) in [5.74, 6) is 0. The number of aliphatic hydroxyl groups is 1. The Labute approximate surface area is 91.4 Å². The Balaban J connectivity index is 1.94. The molecule has 4 heteroatoms. The van der Waals surface area contributed by atoms with E-state index in [0.29, 0.717) is 13.2 Å². The molecule has 2 aliphatic rings. The fourth-order valence-electron chi connectivity index (χ4n) is 2.85. The molecule has 4 nitrogen and oxygen atoms in total. The molecule has 0 radical (unpaired) electrons. The molecule has 0 amide bonds. The fraction of sp³-hybridized carbons (Fsp3) is 1.00. The summed E-state index contributed by atoms with van der Waals surface area (Å²) in [6, 6.07) is 0. The smallest absolute Gasteiger partial charge is 0.0833 e. The number of piperidine rings is 1. The molecule has 2 saturated heterocycles. The molecule has 15 heavy (non-hydrogen) atoms. The van der Waals surface area contributed by atoms with E-state index in [0.717, 1.165) is 45.3 Å². The molecule has 2 fully saturated rings. The van der Waals surface area contributed by atoms with Crippen molar-refractivity contribution in [3.05, 3.63) is 0 Å². The van der Waals surface area contributed by atoms with E-state index in [1.165, 1.54) is 0 Å². The molecule has 2 atom stereocenters. The van der Waals surface area contributed by atoms with Gasteiger partial charge in [-0.15, -0.1) is 0 Å². The summed E-state index contributed by atoms with van der Waals surface area (Å²) >= 11 is 0. The number of likely N-dealkylation sites (tertiary alicyclic amines) is 1. The van der Waals surface area contributed by atoms with Crippen LogP contribution in [0.25, 0.3) is 0 Å². The van der Waals surface area contributed by atoms with Gasteiger partial charge < -0.3 is 15.6 Å². The van der Waals surface area contributed by atoms with Crippen LogP contribution >= 0.6 is 0 Å². The highest BCUT2D eigenvalue weighted by Crippen LogP contribution is 2.33. The first-order valence-corrected chi connectivity index (χ1v) is 5.99. The molecule has 1 spiro atoms. The molecule has 0 saturated carbocycles. The average molecular weight is 214 g/mol. The lowest BCUT2D eigenvalue weighted by molar-refractivity contribution is -0.146. The Bertz CT molecular complexity index is 207. The number of nitrogens with two attached hydrogens (primary N) is 1. The van der Waals surface area contributed by atoms with Gasteiger partial charge in [0.2, 0.25) is 0 Å². The molecular weight excluding hydrogens is 192 g/mol. The third-order valence-electron chi connectivity index (χ3n) is 3.53. The van der Waals surface area contributed by atoms with Gasteiger partial charge in [0.25, 0.3) is 0 Å². The van der Waals surface area contributed by atoms with Crippen LogP contribution < -0.4 is 5.73 Å². The van der Waals surface area contributed by atoms with Gasteiger partial charge in [0.15, 0.2) is 0 Å². The summed E-state index contributed by atoms with van der Waals surface area (Å²) in [5, 5.41) is 9.72. The monoisotopic (exact) mass is 214 g/mol. The van der Waals surface area contributed by atoms with Crippen LogP contribution in [0.15, 0.2) is 0 Å². The minimum absolute atomic E-state index is 0.0783. The van der Waals surface area contributed by atoms with Crippen LogP contribution in [-0.2, 0) is 4.74 Å². The first-order chi connectivity index (χ1) is 7.24. The largest absolute Gasteiger partial charge is 0.393 e. The third kappa shape index (κ3) is 2.69. The minimum atomic E-state index is -0.170. The maximum atomic E-state index is 9.72. The van der Waals surface area contributed by atoms with Crippen LogP contribution in [-0.4, -0.2) is 54.5 Å². The van der Waals surface area contributed by atoms with Gasteiger partial charge in [0, 0.05) is 32.7 Å². The summed E-state index contributed by atoms with van der Waals surface area (Å²) in [4.78, 5) is 2.36. The van der Waals surface area contributed by atoms with E-state index >= 15 is 0 Å². The van der Waals surface area contributed by atoms with E-state index in [4.69, 9.17) is 10.5 Å². The zero-order valence-electron chi connectivity index (χ0n) is 9.32. The molecule has 0 aliphatic carbocycles. The lowest BCUT2D eigenvalue weighted by Crippen LogP contribution is -2.54. The summed E-state index contributed by atoms with van der Waals surface area (Å²) in [6.07, 6.45) is 3.67. The van der Waals surface area contributed by atoms with Crippen molar-refractivity contribution in [3.8, 4) is 0 Å². The van der Waals surface area contributed by atoms with Gasteiger partial charge in [-0.05, 0) is 25.8 Å². The number of ether oxygens (including phenoxy) is 1. The number of hydrogen-bond donors (Lipinski definition) is 2. The van der Waals surface area contributed by atoms with Crippen molar-refractivity contribution in [1.29, 1.82) is 0 Å². The third-order valence-corrected chi connectivity index (χ3v) is 3.53. The number of nitrogens with zero attached hydrogens (tertiary/aromatic N) is 1. The zero-order valence-corrected chi connectivity index (χ0v) is 9.32. The quantitative estimate of drug-likeness (QED) is 0.677. The first kappa shape index (κ1) is 11.3. The van der Waals surface area contributed by atoms with Crippen molar-refractivity contribution in [2.75, 3.05) is 32.8 Å². The van der Waals surface area contributed by atoms with Crippen LogP contribution in [0.2, 0.25) is 0 Å². The highest BCUT2D eigenvalue weighted by atomic mass is 16.5. The minimum Gasteiger partial charge on any atom is -0.393 e. The van der Waals surface area contributed by atoms with Gasteiger partial charge in [-0.2, -0.15) is 0 Å². The number of rotatable bonds is 2. The topological polar surface area (TPSA) is 58.7 Å². The Morgan fingerprint density at radius 2 is 2.40 bits per heavy atom. The number of hydrogen-bond acceptors (Lipinski definition) is 4. The lowest BCUT2D eigenvalue weighted by atomic mass is 9.84. The van der Waals surface area contributed by atoms with Crippen molar-refractivity contribution < 1.29 is 9.84 Å². The molecule has 0 aromatic rings. The summed E-state index contributed by atoms with van der Waals surface area (Å²) in [6.45, 7) is 4.43. The van der Waals surface area contributed by atoms with Crippen LogP contribution in [0.3, 0.4) is 0 Å². The highest BCUT2D eigenvalue weighted by molar-refractivity contribution is 4.93. The number of aliphatic hydroxyl groups excluding tert-OH is 1. The van der Waals surface area contributed by atoms with Crippen molar-refractivity contribution in [2.45, 2.75) is 37.4 Å². The van der Waals surface area contributed by atoms with E-state index in [-0.39, 0.29) is 11.7 Å². The van der Waals surface area contributed by atoms with Crippen molar-refractivity contribution in [3.63, 3.8) is 0 Å². The van der Waals surface area contributed by atoms with E-state index in [9.17, 15) is 5.11 Å². The molecule has 0 bridgehead atoms. The average Bonchev–Trinajstić information content (AvgIpc) is 2.17. The first-order valence-electron chi connectivity index (χ1n) is 5.99. The Hall–Kier alpha value is -0.160. The normalized spacial score (nSPS) is 38.4. The van der Waals surface area contributed by atoms with Gasteiger partial charge in [-0.1, -0.05) is 0 Å². The maximum Gasteiger partial charge on any atom is 0.0833 e. The molecule has 3 N–H and O–H groups in total. The maximum absolute atomic E-state index is 9.72. The van der Waals surface area contributed by atoms with Crippen LogP contribution in [0, 0.1) is 0 Å². The van der Waals surface area contributed by atoms with Crippen LogP contribution in [0.4, 0.5) is 0 Å². The molecule has 0 unspecified atom stereocenters. The van der Waals surface area contributed by atoms with Crippen molar-refractivity contribution >= 4 is 0 Å². The molecule has 2 rings (SSSR count).